The zero-order valence-corrected chi connectivity index (χ0v) is 13.7. The lowest BCUT2D eigenvalue weighted by atomic mass is 9.92. The first kappa shape index (κ1) is 16.9. The van der Waals surface area contributed by atoms with E-state index >= 15 is 0 Å². The highest BCUT2D eigenvalue weighted by molar-refractivity contribution is 5.76. The van der Waals surface area contributed by atoms with Crippen LogP contribution in [-0.2, 0) is 11.2 Å². The van der Waals surface area contributed by atoms with Crippen LogP contribution < -0.4 is 9.47 Å². The lowest BCUT2D eigenvalue weighted by Crippen LogP contribution is -2.14. The molecule has 0 aliphatic carbocycles. The van der Waals surface area contributed by atoms with Crippen LogP contribution in [0.15, 0.2) is 48.5 Å². The topological polar surface area (TPSA) is 55.8 Å². The second kappa shape index (κ2) is 7.68. The molecule has 2 rings (SSSR count). The van der Waals surface area contributed by atoms with E-state index in [4.69, 9.17) is 9.47 Å². The molecular weight excluding hydrogens is 292 g/mol. The summed E-state index contributed by atoms with van der Waals surface area (Å²) in [7, 11) is 1.57. The number of carbonyl (C=O) groups is 1. The van der Waals surface area contributed by atoms with Crippen molar-refractivity contribution in [1.29, 1.82) is 0 Å². The summed E-state index contributed by atoms with van der Waals surface area (Å²) in [4.78, 5) is 11.7. The normalized spacial score (nSPS) is 12.0. The van der Waals surface area contributed by atoms with Crippen molar-refractivity contribution in [2.24, 2.45) is 0 Å². The number of aliphatic carboxylic acids is 1. The van der Waals surface area contributed by atoms with Crippen molar-refractivity contribution >= 4 is 5.97 Å². The van der Waals surface area contributed by atoms with E-state index < -0.39 is 11.9 Å². The fraction of sp³-hybridized carbons (Fsp3) is 0.316. The van der Waals surface area contributed by atoms with Crippen LogP contribution in [0.4, 0.5) is 0 Å². The molecule has 1 N–H and O–H groups in total. The van der Waals surface area contributed by atoms with E-state index in [0.29, 0.717) is 12.2 Å². The Morgan fingerprint density at radius 2 is 1.78 bits per heavy atom. The van der Waals surface area contributed by atoms with Crippen LogP contribution in [0, 0.1) is 0 Å². The molecule has 23 heavy (non-hydrogen) atoms. The van der Waals surface area contributed by atoms with E-state index in [1.54, 1.807) is 19.2 Å². The standard InChI is InChI=1S/C19H22O4/c1-13(2)23-16-9-7-14(8-10-16)11-18(19(20)21)15-5-4-6-17(12-15)22-3/h4-10,12-13,18H,11H2,1-3H3,(H,20,21). The van der Waals surface area contributed by atoms with Crippen molar-refractivity contribution in [2.75, 3.05) is 7.11 Å². The highest BCUT2D eigenvalue weighted by Gasteiger charge is 2.21. The van der Waals surface area contributed by atoms with Gasteiger partial charge in [0.1, 0.15) is 11.5 Å². The first-order chi connectivity index (χ1) is 11.0. The van der Waals surface area contributed by atoms with Gasteiger partial charge in [-0.25, -0.2) is 0 Å². The predicted molar refractivity (Wildman–Crippen MR) is 89.3 cm³/mol. The van der Waals surface area contributed by atoms with Gasteiger partial charge in [-0.2, -0.15) is 0 Å². The minimum Gasteiger partial charge on any atom is -0.497 e. The monoisotopic (exact) mass is 314 g/mol. The third-order valence-electron chi connectivity index (χ3n) is 3.53. The van der Waals surface area contributed by atoms with Crippen LogP contribution in [0.2, 0.25) is 0 Å². The summed E-state index contributed by atoms with van der Waals surface area (Å²) in [6, 6.07) is 14.8. The van der Waals surface area contributed by atoms with Crippen LogP contribution >= 0.6 is 0 Å². The summed E-state index contributed by atoms with van der Waals surface area (Å²) in [5.41, 5.74) is 1.69. The van der Waals surface area contributed by atoms with Gasteiger partial charge < -0.3 is 14.6 Å². The van der Waals surface area contributed by atoms with Crippen LogP contribution in [0.5, 0.6) is 11.5 Å². The third-order valence-corrected chi connectivity index (χ3v) is 3.53. The quantitative estimate of drug-likeness (QED) is 0.842. The third kappa shape index (κ3) is 4.74. The fourth-order valence-corrected chi connectivity index (χ4v) is 2.42. The Bertz CT molecular complexity index is 647. The van der Waals surface area contributed by atoms with E-state index in [2.05, 4.69) is 0 Å². The van der Waals surface area contributed by atoms with Gasteiger partial charge in [0, 0.05) is 0 Å². The number of methoxy groups -OCH3 is 1. The van der Waals surface area contributed by atoms with Gasteiger partial charge in [-0.1, -0.05) is 24.3 Å². The summed E-state index contributed by atoms with van der Waals surface area (Å²) >= 11 is 0. The molecule has 122 valence electrons. The molecule has 2 aromatic carbocycles. The molecular formula is C19H22O4. The SMILES string of the molecule is COc1cccc(C(Cc2ccc(OC(C)C)cc2)C(=O)O)c1. The van der Waals surface area contributed by atoms with E-state index in [9.17, 15) is 9.90 Å². The van der Waals surface area contributed by atoms with Gasteiger partial charge in [0.15, 0.2) is 0 Å². The van der Waals surface area contributed by atoms with Crippen molar-refractivity contribution in [3.63, 3.8) is 0 Å². The molecule has 2 aromatic rings. The van der Waals surface area contributed by atoms with Gasteiger partial charge in [-0.3, -0.25) is 4.79 Å². The molecule has 0 fully saturated rings. The molecule has 4 nitrogen and oxygen atoms in total. The minimum absolute atomic E-state index is 0.115. The largest absolute Gasteiger partial charge is 0.497 e. The maximum atomic E-state index is 11.7. The van der Waals surface area contributed by atoms with Gasteiger partial charge >= 0.3 is 5.97 Å². The summed E-state index contributed by atoms with van der Waals surface area (Å²) in [5.74, 6) is -0.00540. The van der Waals surface area contributed by atoms with Crippen LogP contribution in [0.25, 0.3) is 0 Å². The molecule has 0 saturated carbocycles. The number of benzene rings is 2. The summed E-state index contributed by atoms with van der Waals surface area (Å²) in [6.45, 7) is 3.94. The number of hydrogen-bond donors (Lipinski definition) is 1. The summed E-state index contributed by atoms with van der Waals surface area (Å²) in [5, 5.41) is 9.56. The first-order valence-electron chi connectivity index (χ1n) is 7.62. The zero-order valence-electron chi connectivity index (χ0n) is 13.7. The second-order valence-corrected chi connectivity index (χ2v) is 5.68. The van der Waals surface area contributed by atoms with Crippen molar-refractivity contribution < 1.29 is 19.4 Å². The Balaban J connectivity index is 2.17. The molecule has 0 saturated heterocycles. The molecule has 0 bridgehead atoms. The molecule has 0 spiro atoms. The average Bonchev–Trinajstić information content (AvgIpc) is 2.53. The molecule has 4 heteroatoms. The van der Waals surface area contributed by atoms with Gasteiger partial charge in [0.05, 0.1) is 19.1 Å². The first-order valence-corrected chi connectivity index (χ1v) is 7.62. The molecule has 0 aliphatic rings. The van der Waals surface area contributed by atoms with Crippen molar-refractivity contribution in [3.05, 3.63) is 59.7 Å². The number of carboxylic acid groups (broad SMARTS) is 1. The van der Waals surface area contributed by atoms with Crippen molar-refractivity contribution in [3.8, 4) is 11.5 Å². The van der Waals surface area contributed by atoms with E-state index in [-0.39, 0.29) is 6.10 Å². The Labute approximate surface area is 136 Å². The molecule has 0 radical (unpaired) electrons. The maximum Gasteiger partial charge on any atom is 0.311 e. The Morgan fingerprint density at radius 1 is 1.09 bits per heavy atom. The fourth-order valence-electron chi connectivity index (χ4n) is 2.42. The molecule has 0 heterocycles. The van der Waals surface area contributed by atoms with Gasteiger partial charge in [-0.15, -0.1) is 0 Å². The second-order valence-electron chi connectivity index (χ2n) is 5.68. The molecule has 0 aliphatic heterocycles. The highest BCUT2D eigenvalue weighted by atomic mass is 16.5. The number of carboxylic acids is 1. The summed E-state index contributed by atoms with van der Waals surface area (Å²) < 4.78 is 10.8. The predicted octanol–water partition coefficient (Wildman–Crippen LogP) is 3.89. The molecule has 1 unspecified atom stereocenters. The van der Waals surface area contributed by atoms with E-state index in [0.717, 1.165) is 16.9 Å². The van der Waals surface area contributed by atoms with Crippen LogP contribution in [0.3, 0.4) is 0 Å². The molecule has 0 amide bonds. The number of ether oxygens (including phenoxy) is 2. The van der Waals surface area contributed by atoms with E-state index in [1.165, 1.54) is 0 Å². The van der Waals surface area contributed by atoms with Crippen LogP contribution in [0.1, 0.15) is 30.9 Å². The summed E-state index contributed by atoms with van der Waals surface area (Å²) in [6.07, 6.45) is 0.536. The van der Waals surface area contributed by atoms with Crippen molar-refractivity contribution in [2.45, 2.75) is 32.3 Å². The molecule has 0 aromatic heterocycles. The van der Waals surface area contributed by atoms with Gasteiger partial charge in [-0.05, 0) is 55.7 Å². The lowest BCUT2D eigenvalue weighted by Gasteiger charge is -2.15. The van der Waals surface area contributed by atoms with Crippen molar-refractivity contribution in [1.82, 2.24) is 0 Å². The Morgan fingerprint density at radius 3 is 2.35 bits per heavy atom. The smallest absolute Gasteiger partial charge is 0.311 e. The van der Waals surface area contributed by atoms with E-state index in [1.807, 2.05) is 50.2 Å². The Kier molecular flexibility index (Phi) is 5.63. The highest BCUT2D eigenvalue weighted by Crippen LogP contribution is 2.26. The Hall–Kier alpha value is -2.49. The lowest BCUT2D eigenvalue weighted by molar-refractivity contribution is -0.138. The van der Waals surface area contributed by atoms with Gasteiger partial charge in [0.25, 0.3) is 0 Å². The average molecular weight is 314 g/mol. The minimum atomic E-state index is -0.847. The number of rotatable bonds is 7. The van der Waals surface area contributed by atoms with Crippen LogP contribution in [-0.4, -0.2) is 24.3 Å². The number of hydrogen-bond acceptors (Lipinski definition) is 3. The zero-order chi connectivity index (χ0) is 16.8. The maximum absolute atomic E-state index is 11.7. The molecule has 1 atom stereocenters. The van der Waals surface area contributed by atoms with Gasteiger partial charge in [0.2, 0.25) is 0 Å².